The summed E-state index contributed by atoms with van der Waals surface area (Å²) in [5.74, 6) is 0.728. The molecule has 1 aliphatic heterocycles. The van der Waals surface area contributed by atoms with Crippen LogP contribution in [0.2, 0.25) is 0 Å². The topological polar surface area (TPSA) is 90.2 Å². The van der Waals surface area contributed by atoms with Crippen LogP contribution in [0.3, 0.4) is 0 Å². The summed E-state index contributed by atoms with van der Waals surface area (Å²) < 4.78 is 3.34. The van der Waals surface area contributed by atoms with Crippen LogP contribution in [0.5, 0.6) is 0 Å². The lowest BCUT2D eigenvalue weighted by atomic mass is 10.1. The minimum absolute atomic E-state index is 0.254. The maximum absolute atomic E-state index is 13.3. The third-order valence-corrected chi connectivity index (χ3v) is 5.14. The van der Waals surface area contributed by atoms with E-state index in [1.54, 1.807) is 6.20 Å². The smallest absolute Gasteiger partial charge is 0.282 e. The van der Waals surface area contributed by atoms with Gasteiger partial charge in [-0.05, 0) is 11.6 Å². The number of para-hydroxylation sites is 1. The van der Waals surface area contributed by atoms with Gasteiger partial charge in [0, 0.05) is 30.2 Å². The van der Waals surface area contributed by atoms with Gasteiger partial charge in [-0.25, -0.2) is 0 Å². The van der Waals surface area contributed by atoms with E-state index in [1.807, 2.05) is 48.7 Å². The maximum Gasteiger partial charge on any atom is 0.282 e. The monoisotopic (exact) mass is 384 g/mol. The van der Waals surface area contributed by atoms with Gasteiger partial charge in [0.1, 0.15) is 11.7 Å². The summed E-state index contributed by atoms with van der Waals surface area (Å²) in [5, 5.41) is 8.29. The number of nitrogens with zero attached hydrogens (tertiary/aromatic N) is 4. The molecule has 0 spiro atoms. The molecule has 0 radical (unpaired) electrons. The predicted octanol–water partition coefficient (Wildman–Crippen LogP) is 2.51. The van der Waals surface area contributed by atoms with Gasteiger partial charge in [-0.15, -0.1) is 0 Å². The zero-order valence-corrected chi connectivity index (χ0v) is 15.7. The number of carbonyl (C=O) groups excluding carboxylic acids is 1. The van der Waals surface area contributed by atoms with Gasteiger partial charge >= 0.3 is 0 Å². The summed E-state index contributed by atoms with van der Waals surface area (Å²) in [6, 6.07) is 18.0. The first-order valence-corrected chi connectivity index (χ1v) is 9.51. The van der Waals surface area contributed by atoms with Crippen molar-refractivity contribution in [2.24, 2.45) is 4.99 Å². The van der Waals surface area contributed by atoms with E-state index >= 15 is 0 Å². The Kier molecular flexibility index (Phi) is 4.13. The summed E-state index contributed by atoms with van der Waals surface area (Å²) >= 11 is 0. The lowest BCUT2D eigenvalue weighted by Crippen LogP contribution is -2.21. The molecule has 3 N–H and O–H groups in total. The summed E-state index contributed by atoms with van der Waals surface area (Å²) in [7, 11) is 0. The zero-order chi connectivity index (χ0) is 19.8. The Balaban J connectivity index is 1.56. The lowest BCUT2D eigenvalue weighted by Gasteiger charge is -2.05. The number of nitrogens with one attached hydrogen (secondary N) is 1. The van der Waals surface area contributed by atoms with Crippen molar-refractivity contribution in [2.75, 3.05) is 18.8 Å². The van der Waals surface area contributed by atoms with Gasteiger partial charge in [-0.1, -0.05) is 48.5 Å². The number of nitrogens with two attached hydrogens (primary N) is 1. The molecular formula is C22H20N6O. The molecule has 0 bridgehead atoms. The number of fused-ring (bicyclic) bond motifs is 1. The minimum atomic E-state index is -0.254. The van der Waals surface area contributed by atoms with Gasteiger partial charge < -0.3 is 15.6 Å². The average Bonchev–Trinajstić information content (AvgIpc) is 3.48. The van der Waals surface area contributed by atoms with Gasteiger partial charge in [0.15, 0.2) is 0 Å². The van der Waals surface area contributed by atoms with Crippen molar-refractivity contribution in [3.05, 3.63) is 83.7 Å². The molecule has 0 aliphatic carbocycles. The average molecular weight is 384 g/mol. The molecule has 4 aromatic rings. The molecular weight excluding hydrogens is 364 g/mol. The Morgan fingerprint density at radius 1 is 1.10 bits per heavy atom. The third kappa shape index (κ3) is 2.97. The third-order valence-electron chi connectivity index (χ3n) is 5.14. The van der Waals surface area contributed by atoms with Crippen LogP contribution in [-0.4, -0.2) is 39.2 Å². The van der Waals surface area contributed by atoms with Crippen molar-refractivity contribution in [3.8, 4) is 0 Å². The van der Waals surface area contributed by atoms with Crippen molar-refractivity contribution in [1.29, 1.82) is 0 Å². The molecule has 29 heavy (non-hydrogen) atoms. The largest absolute Gasteiger partial charge is 0.383 e. The van der Waals surface area contributed by atoms with Crippen LogP contribution in [0.4, 0.5) is 5.82 Å². The lowest BCUT2D eigenvalue weighted by molar-refractivity contribution is 0.0949. The molecule has 7 nitrogen and oxygen atoms in total. The molecule has 0 saturated carbocycles. The number of hydrogen-bond acceptors (Lipinski definition) is 5. The molecule has 2 aromatic heterocycles. The van der Waals surface area contributed by atoms with Gasteiger partial charge in [-0.3, -0.25) is 9.79 Å². The van der Waals surface area contributed by atoms with Crippen molar-refractivity contribution in [3.63, 3.8) is 0 Å². The standard InChI is InChI=1S/C22H20N6O/c23-20-17(21-24-10-11-25-21)12-26-28(20)22(29)18-14-27(13-15-6-2-1-3-7-15)19-9-5-4-8-16(18)19/h1-9,12,14H,10-11,13,23H2,(H,24,25). The Bertz CT molecular complexity index is 1230. The molecule has 0 saturated heterocycles. The quantitative estimate of drug-likeness (QED) is 0.566. The molecule has 7 heteroatoms. The summed E-state index contributed by atoms with van der Waals surface area (Å²) in [5.41, 5.74) is 9.63. The Labute approximate surface area is 167 Å². The molecule has 5 rings (SSSR count). The fourth-order valence-corrected chi connectivity index (χ4v) is 3.72. The Morgan fingerprint density at radius 3 is 2.69 bits per heavy atom. The zero-order valence-electron chi connectivity index (χ0n) is 15.7. The summed E-state index contributed by atoms with van der Waals surface area (Å²) in [4.78, 5) is 17.7. The first-order valence-electron chi connectivity index (χ1n) is 9.51. The number of anilines is 1. The second-order valence-corrected chi connectivity index (χ2v) is 6.99. The number of rotatable bonds is 4. The number of benzene rings is 2. The first kappa shape index (κ1) is 17.2. The highest BCUT2D eigenvalue weighted by Crippen LogP contribution is 2.25. The number of nitrogen functional groups attached to an aromatic ring is 1. The van der Waals surface area contributed by atoms with Crippen LogP contribution in [-0.2, 0) is 6.54 Å². The van der Waals surface area contributed by atoms with Crippen LogP contribution >= 0.6 is 0 Å². The van der Waals surface area contributed by atoms with Crippen molar-refractivity contribution < 1.29 is 4.79 Å². The molecule has 0 fully saturated rings. The van der Waals surface area contributed by atoms with E-state index in [4.69, 9.17) is 5.73 Å². The summed E-state index contributed by atoms with van der Waals surface area (Å²) in [6.45, 7) is 2.14. The van der Waals surface area contributed by atoms with E-state index in [1.165, 1.54) is 10.2 Å². The van der Waals surface area contributed by atoms with Gasteiger partial charge in [0.2, 0.25) is 0 Å². The van der Waals surface area contributed by atoms with Crippen LogP contribution in [0.15, 0.2) is 72.0 Å². The molecule has 0 atom stereocenters. The molecule has 1 aliphatic rings. The number of aliphatic imine (C=N–C) groups is 1. The van der Waals surface area contributed by atoms with E-state index in [2.05, 4.69) is 32.1 Å². The van der Waals surface area contributed by atoms with E-state index in [0.717, 1.165) is 17.4 Å². The highest BCUT2D eigenvalue weighted by atomic mass is 16.2. The molecule has 0 amide bonds. The van der Waals surface area contributed by atoms with Gasteiger partial charge in [-0.2, -0.15) is 9.78 Å². The minimum Gasteiger partial charge on any atom is -0.383 e. The number of hydrogen-bond donors (Lipinski definition) is 2. The first-order chi connectivity index (χ1) is 14.2. The van der Waals surface area contributed by atoms with E-state index in [9.17, 15) is 4.79 Å². The Hall–Kier alpha value is -3.87. The van der Waals surface area contributed by atoms with Crippen molar-refractivity contribution in [1.82, 2.24) is 19.7 Å². The van der Waals surface area contributed by atoms with E-state index in [0.29, 0.717) is 35.9 Å². The van der Waals surface area contributed by atoms with E-state index < -0.39 is 0 Å². The second-order valence-electron chi connectivity index (χ2n) is 6.99. The normalized spacial score (nSPS) is 13.4. The molecule has 3 heterocycles. The number of aromatic nitrogens is 3. The molecule has 2 aromatic carbocycles. The SMILES string of the molecule is Nc1c(C2=NCCN2)cnn1C(=O)c1cn(Cc2ccccc2)c2ccccc12. The second kappa shape index (κ2) is 6.94. The Morgan fingerprint density at radius 2 is 1.90 bits per heavy atom. The fraction of sp³-hybridized carbons (Fsp3) is 0.136. The van der Waals surface area contributed by atoms with Gasteiger partial charge in [0.05, 0.1) is 23.9 Å². The summed E-state index contributed by atoms with van der Waals surface area (Å²) in [6.07, 6.45) is 3.47. The number of amidine groups is 1. The van der Waals surface area contributed by atoms with Crippen LogP contribution in [0.25, 0.3) is 10.9 Å². The van der Waals surface area contributed by atoms with Crippen molar-refractivity contribution in [2.45, 2.75) is 6.54 Å². The fourth-order valence-electron chi connectivity index (χ4n) is 3.72. The predicted molar refractivity (Wildman–Crippen MR) is 113 cm³/mol. The van der Waals surface area contributed by atoms with E-state index in [-0.39, 0.29) is 5.91 Å². The molecule has 0 unspecified atom stereocenters. The number of carbonyl (C=O) groups is 1. The van der Waals surface area contributed by atoms with Crippen molar-refractivity contribution >= 4 is 28.5 Å². The molecule has 144 valence electrons. The van der Waals surface area contributed by atoms with Crippen LogP contribution < -0.4 is 11.1 Å². The van der Waals surface area contributed by atoms with Crippen LogP contribution in [0.1, 0.15) is 21.5 Å². The highest BCUT2D eigenvalue weighted by molar-refractivity contribution is 6.10. The maximum atomic E-state index is 13.3. The van der Waals surface area contributed by atoms with Crippen LogP contribution in [0, 0.1) is 0 Å². The highest BCUT2D eigenvalue weighted by Gasteiger charge is 2.23. The van der Waals surface area contributed by atoms with Gasteiger partial charge in [0.25, 0.3) is 5.91 Å².